The quantitative estimate of drug-likeness (QED) is 0.464. The minimum absolute atomic E-state index is 0.629. The average Bonchev–Trinajstić information content (AvgIpc) is 3.23. The molecule has 3 heterocycles. The lowest BCUT2D eigenvalue weighted by Crippen LogP contribution is -2.42. The van der Waals surface area contributed by atoms with Gasteiger partial charge in [0.25, 0.3) is 0 Å². The van der Waals surface area contributed by atoms with Crippen molar-refractivity contribution in [1.29, 1.82) is 5.26 Å². The second kappa shape index (κ2) is 8.68. The van der Waals surface area contributed by atoms with Crippen LogP contribution in [0.25, 0.3) is 33.2 Å². The molecule has 0 amide bonds. The van der Waals surface area contributed by atoms with Crippen molar-refractivity contribution in [3.63, 3.8) is 0 Å². The third-order valence-corrected chi connectivity index (χ3v) is 6.66. The van der Waals surface area contributed by atoms with Crippen molar-refractivity contribution in [2.75, 3.05) is 32.1 Å². The van der Waals surface area contributed by atoms with E-state index in [2.05, 4.69) is 59.3 Å². The van der Waals surface area contributed by atoms with Gasteiger partial charge >= 0.3 is 0 Å². The first kappa shape index (κ1) is 21.2. The van der Waals surface area contributed by atoms with E-state index in [4.69, 9.17) is 4.98 Å². The molecule has 0 radical (unpaired) electrons. The number of rotatable bonds is 4. The van der Waals surface area contributed by atoms with Gasteiger partial charge in [-0.2, -0.15) is 10.4 Å². The number of aromatic nitrogens is 3. The highest BCUT2D eigenvalue weighted by Crippen LogP contribution is 2.36. The van der Waals surface area contributed by atoms with Crippen LogP contribution in [0.4, 0.5) is 5.82 Å². The van der Waals surface area contributed by atoms with Crippen LogP contribution in [0.15, 0.2) is 60.9 Å². The molecule has 0 bridgehead atoms. The molecular weight excluding hydrogens is 408 g/mol. The van der Waals surface area contributed by atoms with Gasteiger partial charge in [0.05, 0.1) is 17.1 Å². The number of pyridine rings is 1. The van der Waals surface area contributed by atoms with E-state index in [1.165, 1.54) is 0 Å². The van der Waals surface area contributed by atoms with Gasteiger partial charge in [0, 0.05) is 49.5 Å². The molecule has 166 valence electrons. The van der Waals surface area contributed by atoms with Crippen molar-refractivity contribution >= 4 is 16.7 Å². The van der Waals surface area contributed by atoms with Crippen LogP contribution < -0.4 is 4.90 Å². The number of benzene rings is 2. The molecule has 0 atom stereocenters. The Morgan fingerprint density at radius 1 is 0.970 bits per heavy atom. The maximum absolute atomic E-state index is 9.23. The first-order valence-electron chi connectivity index (χ1n) is 11.4. The molecule has 4 aromatic rings. The van der Waals surface area contributed by atoms with Gasteiger partial charge in [-0.1, -0.05) is 18.2 Å². The average molecular weight is 437 g/mol. The van der Waals surface area contributed by atoms with Gasteiger partial charge in [0.2, 0.25) is 0 Å². The van der Waals surface area contributed by atoms with Gasteiger partial charge in [0.1, 0.15) is 5.82 Å². The monoisotopic (exact) mass is 436 g/mol. The fourth-order valence-corrected chi connectivity index (χ4v) is 4.74. The number of fused-ring (bicyclic) bond motifs is 1. The molecule has 1 aliphatic heterocycles. The molecule has 1 saturated heterocycles. The normalized spacial score (nSPS) is 14.7. The van der Waals surface area contributed by atoms with E-state index >= 15 is 0 Å². The highest BCUT2D eigenvalue weighted by atomic mass is 15.2. The van der Waals surface area contributed by atoms with E-state index in [9.17, 15) is 5.26 Å². The van der Waals surface area contributed by atoms with Crippen molar-refractivity contribution in [2.24, 2.45) is 7.05 Å². The van der Waals surface area contributed by atoms with Crippen molar-refractivity contribution in [1.82, 2.24) is 19.7 Å². The predicted octanol–water partition coefficient (Wildman–Crippen LogP) is 4.70. The van der Waals surface area contributed by atoms with Gasteiger partial charge in [-0.25, -0.2) is 4.98 Å². The molecule has 0 aliphatic carbocycles. The van der Waals surface area contributed by atoms with Crippen molar-refractivity contribution in [2.45, 2.75) is 18.9 Å². The van der Waals surface area contributed by atoms with Gasteiger partial charge in [-0.15, -0.1) is 0 Å². The topological polar surface area (TPSA) is 61.0 Å². The second-order valence-electron chi connectivity index (χ2n) is 9.04. The number of nitriles is 1. The summed E-state index contributed by atoms with van der Waals surface area (Å²) in [5, 5.41) is 14.8. The zero-order chi connectivity index (χ0) is 22.9. The smallest absolute Gasteiger partial charge is 0.129 e. The maximum Gasteiger partial charge on any atom is 0.129 e. The molecular formula is C27H28N6. The summed E-state index contributed by atoms with van der Waals surface area (Å²) in [5.41, 5.74) is 6.05. The van der Waals surface area contributed by atoms with Crippen molar-refractivity contribution < 1.29 is 0 Å². The summed E-state index contributed by atoms with van der Waals surface area (Å²) in [6.45, 7) is 2.01. The Balaban J connectivity index is 1.57. The first-order chi connectivity index (χ1) is 16.0. The number of piperidine rings is 1. The highest BCUT2D eigenvalue weighted by Gasteiger charge is 2.22. The van der Waals surface area contributed by atoms with Crippen LogP contribution in [-0.2, 0) is 7.05 Å². The number of nitrogens with zero attached hydrogens (tertiary/aromatic N) is 6. The summed E-state index contributed by atoms with van der Waals surface area (Å²) in [5.74, 6) is 1.01. The molecule has 5 rings (SSSR count). The third-order valence-electron chi connectivity index (χ3n) is 6.66. The lowest BCUT2D eigenvalue weighted by molar-refractivity contribution is 0.249. The van der Waals surface area contributed by atoms with E-state index < -0.39 is 0 Å². The van der Waals surface area contributed by atoms with Crippen LogP contribution >= 0.6 is 0 Å². The molecule has 1 fully saturated rings. The Morgan fingerprint density at radius 2 is 1.70 bits per heavy atom. The lowest BCUT2D eigenvalue weighted by Gasteiger charge is -2.36. The molecule has 1 aliphatic rings. The first-order valence-corrected chi connectivity index (χ1v) is 11.4. The van der Waals surface area contributed by atoms with Crippen LogP contribution in [0.1, 0.15) is 18.4 Å². The summed E-state index contributed by atoms with van der Waals surface area (Å²) in [7, 11) is 6.27. The number of hydrogen-bond acceptors (Lipinski definition) is 5. The molecule has 0 unspecified atom stereocenters. The summed E-state index contributed by atoms with van der Waals surface area (Å²) in [4.78, 5) is 9.61. The molecule has 2 aromatic carbocycles. The minimum Gasteiger partial charge on any atom is -0.356 e. The van der Waals surface area contributed by atoms with Crippen LogP contribution in [0.3, 0.4) is 0 Å². The Hall–Kier alpha value is -3.69. The molecule has 0 saturated carbocycles. The molecule has 6 nitrogen and oxygen atoms in total. The maximum atomic E-state index is 9.23. The van der Waals surface area contributed by atoms with Gasteiger partial charge in [-0.3, -0.25) is 4.68 Å². The van der Waals surface area contributed by atoms with E-state index in [1.807, 2.05) is 48.4 Å². The van der Waals surface area contributed by atoms with Gasteiger partial charge < -0.3 is 9.80 Å². The van der Waals surface area contributed by atoms with Crippen LogP contribution in [-0.4, -0.2) is 52.9 Å². The lowest BCUT2D eigenvalue weighted by atomic mass is 9.94. The molecule has 0 spiro atoms. The number of anilines is 1. The Kier molecular flexibility index (Phi) is 5.57. The molecule has 33 heavy (non-hydrogen) atoms. The predicted molar refractivity (Wildman–Crippen MR) is 133 cm³/mol. The second-order valence-corrected chi connectivity index (χ2v) is 9.04. The van der Waals surface area contributed by atoms with Gasteiger partial charge in [-0.05, 0) is 74.0 Å². The summed E-state index contributed by atoms with van der Waals surface area (Å²) in [6.07, 6.45) is 6.32. The number of hydrogen-bond donors (Lipinski definition) is 0. The standard InChI is InChI=1S/C27H28N6/c1-31(2)23-10-12-33(13-11-23)27-15-24(20-6-4-19(16-28)5-7-20)25(17-29-27)21-8-9-26-22(14-21)18-32(3)30-26/h4-9,14-15,17-18,23H,10-13H2,1-3H3. The molecule has 2 aromatic heterocycles. The molecule has 6 heteroatoms. The Labute approximate surface area is 194 Å². The fraction of sp³-hybridized carbons (Fsp3) is 0.296. The fourth-order valence-electron chi connectivity index (χ4n) is 4.74. The summed E-state index contributed by atoms with van der Waals surface area (Å²) >= 11 is 0. The van der Waals surface area contributed by atoms with Gasteiger partial charge in [0.15, 0.2) is 0 Å². The SMILES string of the molecule is CN(C)C1CCN(c2cc(-c3ccc(C#N)cc3)c(-c3ccc4nn(C)cc4c3)cn2)CC1. The zero-order valence-corrected chi connectivity index (χ0v) is 19.4. The summed E-state index contributed by atoms with van der Waals surface area (Å²) < 4.78 is 1.84. The largest absolute Gasteiger partial charge is 0.356 e. The Morgan fingerprint density at radius 3 is 2.39 bits per heavy atom. The van der Waals surface area contributed by atoms with Crippen molar-refractivity contribution in [3.05, 3.63) is 66.5 Å². The highest BCUT2D eigenvalue weighted by molar-refractivity contribution is 5.90. The van der Waals surface area contributed by atoms with E-state index in [1.54, 1.807) is 0 Å². The van der Waals surface area contributed by atoms with Crippen molar-refractivity contribution in [3.8, 4) is 28.3 Å². The summed E-state index contributed by atoms with van der Waals surface area (Å²) in [6, 6.07) is 19.2. The van der Waals surface area contributed by atoms with Crippen LogP contribution in [0, 0.1) is 11.3 Å². The third kappa shape index (κ3) is 4.20. The van der Waals surface area contributed by atoms with E-state index in [0.717, 1.165) is 64.9 Å². The van der Waals surface area contributed by atoms with Crippen LogP contribution in [0.5, 0.6) is 0 Å². The van der Waals surface area contributed by atoms with E-state index in [-0.39, 0.29) is 0 Å². The van der Waals surface area contributed by atoms with Crippen LogP contribution in [0.2, 0.25) is 0 Å². The molecule has 0 N–H and O–H groups in total. The zero-order valence-electron chi connectivity index (χ0n) is 19.4. The minimum atomic E-state index is 0.629. The number of aryl methyl sites for hydroxylation is 1. The Bertz CT molecular complexity index is 1320. The van der Waals surface area contributed by atoms with E-state index in [0.29, 0.717) is 11.6 Å².